The van der Waals surface area contributed by atoms with Gasteiger partial charge in [-0.25, -0.2) is 4.79 Å². The second kappa shape index (κ2) is 9.11. The predicted octanol–water partition coefficient (Wildman–Crippen LogP) is 0.791. The highest BCUT2D eigenvalue weighted by Crippen LogP contribution is 2.41. The van der Waals surface area contributed by atoms with Gasteiger partial charge in [0.25, 0.3) is 5.91 Å². The smallest absolute Gasteiger partial charge is 0.352 e. The summed E-state index contributed by atoms with van der Waals surface area (Å²) < 4.78 is 1.89. The van der Waals surface area contributed by atoms with E-state index in [0.29, 0.717) is 21.4 Å². The van der Waals surface area contributed by atoms with E-state index in [-0.39, 0.29) is 23.6 Å². The van der Waals surface area contributed by atoms with E-state index in [1.807, 2.05) is 6.92 Å². The van der Waals surface area contributed by atoms with E-state index >= 15 is 0 Å². The fourth-order valence-electron chi connectivity index (χ4n) is 3.41. The number of hydrogen-bond donors (Lipinski definition) is 2. The third kappa shape index (κ3) is 4.45. The van der Waals surface area contributed by atoms with Crippen LogP contribution in [0.2, 0.25) is 0 Å². The average molecular weight is 512 g/mol. The van der Waals surface area contributed by atoms with Crippen molar-refractivity contribution in [3.63, 3.8) is 0 Å². The zero-order valence-corrected chi connectivity index (χ0v) is 19.7. The van der Waals surface area contributed by atoms with E-state index in [4.69, 9.17) is 0 Å². The molecule has 2 aliphatic heterocycles. The molecule has 2 N–H and O–H groups in total. The van der Waals surface area contributed by atoms with Crippen molar-refractivity contribution in [1.29, 1.82) is 0 Å². The number of β-lactam (4-membered cyclic amide) rings is 1. The summed E-state index contributed by atoms with van der Waals surface area (Å²) in [6.45, 7) is 3.00. The molecule has 0 saturated carbocycles. The molecule has 13 nitrogen and oxygen atoms in total. The lowest BCUT2D eigenvalue weighted by Crippen LogP contribution is -2.70. The van der Waals surface area contributed by atoms with Gasteiger partial charge < -0.3 is 10.4 Å². The number of nitrogens with zero attached hydrogens (tertiary/aromatic N) is 6. The van der Waals surface area contributed by atoms with E-state index in [0.717, 1.165) is 11.2 Å². The number of carbonyl (C=O) groups excluding carboxylic acids is 2. The molecule has 0 radical (unpaired) electrons. The number of rotatable bonds is 8. The standard InChI is InChI=1S/C17H17N7O6S3/c1-7-10(24(29)30)3-18-22(7)4-11(25)19-12-14(26)23-13(16(27)28)9(5-31-15(12)23)6-32-17-21-20-8(2)33-17/h3,12,15H,4-6H2,1-2H3,(H,19,25)(H,27,28). The monoisotopic (exact) mass is 511 g/mol. The molecule has 2 aromatic heterocycles. The number of fused-ring (bicyclic) bond motifs is 1. The van der Waals surface area contributed by atoms with E-state index < -0.39 is 34.1 Å². The van der Waals surface area contributed by atoms with Crippen molar-refractivity contribution in [3.05, 3.63) is 38.3 Å². The fraction of sp³-hybridized carbons (Fsp3) is 0.412. The van der Waals surface area contributed by atoms with E-state index in [1.54, 1.807) is 0 Å². The van der Waals surface area contributed by atoms with Crippen LogP contribution in [0, 0.1) is 24.0 Å². The molecule has 4 rings (SSSR count). The van der Waals surface area contributed by atoms with Crippen LogP contribution < -0.4 is 5.32 Å². The Morgan fingerprint density at radius 3 is 2.76 bits per heavy atom. The van der Waals surface area contributed by atoms with Gasteiger partial charge in [-0.05, 0) is 19.4 Å². The number of aromatic nitrogens is 4. The van der Waals surface area contributed by atoms with Crippen LogP contribution in [0.25, 0.3) is 0 Å². The molecule has 1 saturated heterocycles. The van der Waals surface area contributed by atoms with Gasteiger partial charge in [0.15, 0.2) is 4.34 Å². The first-order valence-electron chi connectivity index (χ1n) is 9.46. The lowest BCUT2D eigenvalue weighted by Gasteiger charge is -2.49. The third-order valence-electron chi connectivity index (χ3n) is 5.01. The number of carboxylic acid groups (broad SMARTS) is 1. The highest BCUT2D eigenvalue weighted by Gasteiger charge is 2.54. The van der Waals surface area contributed by atoms with Gasteiger partial charge in [-0.3, -0.25) is 29.3 Å². The molecule has 2 unspecified atom stereocenters. The molecule has 0 bridgehead atoms. The number of thioether (sulfide) groups is 2. The summed E-state index contributed by atoms with van der Waals surface area (Å²) in [6.07, 6.45) is 1.06. The second-order valence-corrected chi connectivity index (χ2v) is 10.6. The fourth-order valence-corrected chi connectivity index (χ4v) is 6.71. The van der Waals surface area contributed by atoms with Crippen molar-refractivity contribution in [2.45, 2.75) is 36.1 Å². The van der Waals surface area contributed by atoms with Crippen molar-refractivity contribution in [3.8, 4) is 0 Å². The van der Waals surface area contributed by atoms with Crippen molar-refractivity contribution in [2.24, 2.45) is 0 Å². The maximum absolute atomic E-state index is 12.7. The van der Waals surface area contributed by atoms with Gasteiger partial charge in [0, 0.05) is 11.5 Å². The van der Waals surface area contributed by atoms with Crippen LogP contribution in [0.4, 0.5) is 5.69 Å². The molecule has 2 aliphatic rings. The van der Waals surface area contributed by atoms with Crippen molar-refractivity contribution in [2.75, 3.05) is 11.5 Å². The minimum absolute atomic E-state index is 0.0680. The number of amides is 2. The molecule has 33 heavy (non-hydrogen) atoms. The zero-order chi connectivity index (χ0) is 23.9. The van der Waals surface area contributed by atoms with E-state index in [2.05, 4.69) is 20.6 Å². The number of hydrogen-bond acceptors (Lipinski definition) is 11. The Labute approximate surface area is 198 Å². The van der Waals surface area contributed by atoms with Crippen LogP contribution in [0.1, 0.15) is 10.7 Å². The molecular weight excluding hydrogens is 494 g/mol. The summed E-state index contributed by atoms with van der Waals surface area (Å²) in [6, 6.07) is -0.886. The molecule has 2 amide bonds. The van der Waals surface area contributed by atoms with Crippen molar-refractivity contribution in [1.82, 2.24) is 30.2 Å². The van der Waals surface area contributed by atoms with Gasteiger partial charge in [0.1, 0.15) is 40.6 Å². The Hall–Kier alpha value is -2.98. The SMILES string of the molecule is Cc1nnc(SCC2=C(C(=O)O)N3C(=O)C(NC(=O)Cn4ncc([N+](=O)[O-])c4C)C3SC2)s1. The maximum atomic E-state index is 12.7. The van der Waals surface area contributed by atoms with Crippen molar-refractivity contribution < 1.29 is 24.4 Å². The van der Waals surface area contributed by atoms with E-state index in [9.17, 15) is 29.6 Å². The quantitative estimate of drug-likeness (QED) is 0.222. The van der Waals surface area contributed by atoms with Gasteiger partial charge in [-0.15, -0.1) is 22.0 Å². The molecular formula is C17H17N7O6S3. The number of carbonyl (C=O) groups is 3. The van der Waals surface area contributed by atoms with Crippen LogP contribution in [0.5, 0.6) is 0 Å². The first-order valence-corrected chi connectivity index (χ1v) is 12.3. The minimum Gasteiger partial charge on any atom is -0.477 e. The largest absolute Gasteiger partial charge is 0.477 e. The summed E-state index contributed by atoms with van der Waals surface area (Å²) >= 11 is 4.13. The Morgan fingerprint density at radius 1 is 1.39 bits per heavy atom. The van der Waals surface area contributed by atoms with Gasteiger partial charge in [0.05, 0.1) is 4.92 Å². The average Bonchev–Trinajstić information content (AvgIpc) is 3.34. The normalized spacial score (nSPS) is 19.8. The lowest BCUT2D eigenvalue weighted by atomic mass is 10.0. The van der Waals surface area contributed by atoms with Gasteiger partial charge >= 0.3 is 11.7 Å². The van der Waals surface area contributed by atoms with E-state index in [1.165, 1.54) is 51.4 Å². The Bertz CT molecular complexity index is 1190. The Morgan fingerprint density at radius 2 is 2.15 bits per heavy atom. The third-order valence-corrected chi connectivity index (χ3v) is 8.41. The molecule has 174 valence electrons. The molecule has 0 aromatic carbocycles. The van der Waals surface area contributed by atoms with Crippen molar-refractivity contribution >= 4 is 58.3 Å². The van der Waals surface area contributed by atoms with Crippen LogP contribution in [-0.2, 0) is 20.9 Å². The number of aryl methyl sites for hydroxylation is 1. The summed E-state index contributed by atoms with van der Waals surface area (Å²) in [5.41, 5.74) is 0.537. The lowest BCUT2D eigenvalue weighted by molar-refractivity contribution is -0.385. The van der Waals surface area contributed by atoms with Crippen LogP contribution in [-0.4, -0.2) is 75.6 Å². The first-order chi connectivity index (χ1) is 15.7. The number of carboxylic acids is 1. The summed E-state index contributed by atoms with van der Waals surface area (Å²) in [5, 5.41) is 35.3. The summed E-state index contributed by atoms with van der Waals surface area (Å²) in [4.78, 5) is 48.7. The number of nitrogens with one attached hydrogen (secondary N) is 1. The van der Waals surface area contributed by atoms with Gasteiger partial charge in [-0.1, -0.05) is 23.1 Å². The first kappa shape index (κ1) is 23.2. The van der Waals surface area contributed by atoms with Crippen LogP contribution in [0.15, 0.2) is 21.8 Å². The summed E-state index contributed by atoms with van der Waals surface area (Å²) in [5.74, 6) is -1.54. The predicted molar refractivity (Wildman–Crippen MR) is 119 cm³/mol. The highest BCUT2D eigenvalue weighted by atomic mass is 32.2. The Balaban J connectivity index is 1.42. The molecule has 0 aliphatic carbocycles. The molecule has 2 atom stereocenters. The van der Waals surface area contributed by atoms with Crippen LogP contribution >= 0.6 is 34.9 Å². The molecule has 16 heteroatoms. The number of aliphatic carboxylic acids is 1. The minimum atomic E-state index is -1.21. The molecule has 4 heterocycles. The molecule has 2 aromatic rings. The summed E-state index contributed by atoms with van der Waals surface area (Å²) in [7, 11) is 0. The van der Waals surface area contributed by atoms with Crippen LogP contribution in [0.3, 0.4) is 0 Å². The molecule has 1 fully saturated rings. The number of nitro groups is 1. The zero-order valence-electron chi connectivity index (χ0n) is 17.2. The molecule has 0 spiro atoms. The Kier molecular flexibility index (Phi) is 6.40. The topological polar surface area (TPSA) is 173 Å². The van der Waals surface area contributed by atoms with Gasteiger partial charge in [0.2, 0.25) is 5.91 Å². The highest BCUT2D eigenvalue weighted by molar-refractivity contribution is 8.01. The second-order valence-electron chi connectivity index (χ2n) is 7.12. The van der Waals surface area contributed by atoms with Gasteiger partial charge in [-0.2, -0.15) is 5.10 Å². The maximum Gasteiger partial charge on any atom is 0.352 e.